The van der Waals surface area contributed by atoms with E-state index in [2.05, 4.69) is 302 Å². The molecule has 2 aliphatic heterocycles. The van der Waals surface area contributed by atoms with E-state index in [9.17, 15) is 0 Å². The molecule has 0 aliphatic carbocycles. The zero-order valence-corrected chi connectivity index (χ0v) is 42.2. The third-order valence-electron chi connectivity index (χ3n) is 15.8. The number of rotatable bonds is 9. The smallest absolute Gasteiger partial charge is 0.180 e. The monoisotopic (exact) mass is 959 g/mol. The summed E-state index contributed by atoms with van der Waals surface area (Å²) in [5, 5.41) is 13.9. The van der Waals surface area contributed by atoms with Crippen molar-refractivity contribution >= 4 is 85.5 Å². The normalized spacial score (nSPS) is 13.4. The molecule has 12 aromatic rings. The van der Waals surface area contributed by atoms with Crippen molar-refractivity contribution in [1.82, 2.24) is 0 Å². The summed E-state index contributed by atoms with van der Waals surface area (Å²) in [6.07, 6.45) is 0. The largest absolute Gasteiger partial charge is 0.311 e. The van der Waals surface area contributed by atoms with Gasteiger partial charge in [-0.25, -0.2) is 0 Å². The maximum atomic E-state index is 2.53. The Morgan fingerprint density at radius 3 is 1.11 bits per heavy atom. The zero-order chi connectivity index (χ0) is 48.3. The van der Waals surface area contributed by atoms with Crippen molar-refractivity contribution < 1.29 is 0 Å². The topological polar surface area (TPSA) is 3.24 Å². The standard InChI is InChI=1S/C70H49NSi2/c1-4-22-59(23-5-1)72(60-24-6-2-7-25-60)67-32-15-14-31-65(67)66-46-45-58(49-70(66)72)71(57-43-39-52(40-44-57)55-36-35-50-19-10-11-20-53(50)47-55)56-41-37-51(38-42-56)54-21-18-28-62(48-54)73(61-26-8-3-9-27-61)68-33-16-12-29-63(68)64-30-13-17-34-69(64)73/h1-49H. The van der Waals surface area contributed by atoms with Crippen molar-refractivity contribution in [2.24, 2.45) is 0 Å². The summed E-state index contributed by atoms with van der Waals surface area (Å²) < 4.78 is 0. The van der Waals surface area contributed by atoms with Crippen molar-refractivity contribution in [2.45, 2.75) is 0 Å². The van der Waals surface area contributed by atoms with E-state index in [-0.39, 0.29) is 0 Å². The Kier molecular flexibility index (Phi) is 10.3. The highest BCUT2D eigenvalue weighted by Crippen LogP contribution is 2.40. The van der Waals surface area contributed by atoms with Crippen LogP contribution in [0.2, 0.25) is 0 Å². The van der Waals surface area contributed by atoms with Gasteiger partial charge in [-0.2, -0.15) is 0 Å². The van der Waals surface area contributed by atoms with Crippen LogP contribution in [0.25, 0.3) is 55.3 Å². The van der Waals surface area contributed by atoms with Crippen molar-refractivity contribution in [2.75, 3.05) is 4.90 Å². The zero-order valence-electron chi connectivity index (χ0n) is 40.2. The van der Waals surface area contributed by atoms with Gasteiger partial charge in [0, 0.05) is 17.1 Å². The number of benzene rings is 12. The van der Waals surface area contributed by atoms with Gasteiger partial charge in [0.05, 0.1) is 0 Å². The number of hydrogen-bond acceptors (Lipinski definition) is 1. The minimum atomic E-state index is -2.75. The molecule has 2 aliphatic rings. The Balaban J connectivity index is 0.921. The van der Waals surface area contributed by atoms with E-state index in [1.807, 2.05) is 0 Å². The van der Waals surface area contributed by atoms with Crippen molar-refractivity contribution in [3.05, 3.63) is 297 Å². The minimum Gasteiger partial charge on any atom is -0.311 e. The van der Waals surface area contributed by atoms with Crippen LogP contribution < -0.4 is 46.4 Å². The average molecular weight is 960 g/mol. The SMILES string of the molecule is c1ccc([Si]2(c3cccc(-c4ccc(N(c5ccc(-c6ccc7ccccc7c6)cc5)c5ccc6c(c5)[Si](c5ccccc5)(c5ccccc5)c5ccccc5-6)cc4)c3)c3ccccc3-c3ccccc32)cc1. The Hall–Kier alpha value is -8.87. The minimum absolute atomic E-state index is 1.11. The summed E-state index contributed by atoms with van der Waals surface area (Å²) in [7, 11) is -5.40. The number of hydrogen-bond donors (Lipinski definition) is 0. The van der Waals surface area contributed by atoms with Gasteiger partial charge in [0.15, 0.2) is 16.1 Å². The highest BCUT2D eigenvalue weighted by molar-refractivity contribution is 7.23. The highest BCUT2D eigenvalue weighted by atomic mass is 28.3. The second-order valence-electron chi connectivity index (χ2n) is 19.5. The first-order chi connectivity index (χ1) is 36.2. The van der Waals surface area contributed by atoms with Crippen LogP contribution in [-0.4, -0.2) is 16.1 Å². The third kappa shape index (κ3) is 6.74. The molecule has 0 bridgehead atoms. The first kappa shape index (κ1) is 43.0. The van der Waals surface area contributed by atoms with Gasteiger partial charge in [-0.1, -0.05) is 255 Å². The summed E-state index contributed by atoms with van der Waals surface area (Å²) in [6.45, 7) is 0. The molecule has 342 valence electrons. The van der Waals surface area contributed by atoms with Gasteiger partial charge in [0.25, 0.3) is 0 Å². The summed E-state index contributed by atoms with van der Waals surface area (Å²) in [5.41, 5.74) is 13.5. The van der Waals surface area contributed by atoms with Gasteiger partial charge in [0.1, 0.15) is 0 Å². The fourth-order valence-electron chi connectivity index (χ4n) is 12.6. The van der Waals surface area contributed by atoms with E-state index < -0.39 is 16.1 Å². The Labute approximate surface area is 429 Å². The fourth-order valence-corrected chi connectivity index (χ4v) is 23.1. The Morgan fingerprint density at radius 2 is 0.589 bits per heavy atom. The lowest BCUT2D eigenvalue weighted by molar-refractivity contribution is 1.29. The third-order valence-corrected chi connectivity index (χ3v) is 25.6. The molecule has 0 aromatic heterocycles. The number of fused-ring (bicyclic) bond motifs is 7. The van der Waals surface area contributed by atoms with Crippen LogP contribution in [-0.2, 0) is 0 Å². The lowest BCUT2D eigenvalue weighted by atomic mass is 10.0. The Bertz CT molecular complexity index is 3930. The predicted octanol–water partition coefficient (Wildman–Crippen LogP) is 12.4. The molecular weight excluding hydrogens is 911 g/mol. The molecule has 3 heteroatoms. The van der Waals surface area contributed by atoms with Crippen LogP contribution in [0.1, 0.15) is 0 Å². The molecular formula is C70H49NSi2. The molecule has 0 N–H and O–H groups in total. The van der Waals surface area contributed by atoms with Gasteiger partial charge in [-0.15, -0.1) is 0 Å². The summed E-state index contributed by atoms with van der Waals surface area (Å²) in [6, 6.07) is 112. The van der Waals surface area contributed by atoms with E-state index in [1.54, 1.807) is 0 Å². The van der Waals surface area contributed by atoms with Crippen LogP contribution in [0.4, 0.5) is 17.1 Å². The number of nitrogens with zero attached hydrogens (tertiary/aromatic N) is 1. The summed E-state index contributed by atoms with van der Waals surface area (Å²) >= 11 is 0. The van der Waals surface area contributed by atoms with Gasteiger partial charge < -0.3 is 4.90 Å². The van der Waals surface area contributed by atoms with Crippen LogP contribution in [0.3, 0.4) is 0 Å². The number of anilines is 3. The van der Waals surface area contributed by atoms with Crippen molar-refractivity contribution in [3.63, 3.8) is 0 Å². The molecule has 0 saturated heterocycles. The second kappa shape index (κ2) is 17.5. The molecule has 0 unspecified atom stereocenters. The molecule has 14 rings (SSSR count). The maximum absolute atomic E-state index is 2.75. The molecule has 2 heterocycles. The van der Waals surface area contributed by atoms with Gasteiger partial charge in [-0.3, -0.25) is 0 Å². The van der Waals surface area contributed by atoms with Crippen LogP contribution in [0.15, 0.2) is 297 Å². The maximum Gasteiger partial charge on any atom is 0.180 e. The molecule has 0 radical (unpaired) electrons. The Morgan fingerprint density at radius 1 is 0.205 bits per heavy atom. The van der Waals surface area contributed by atoms with Crippen LogP contribution >= 0.6 is 0 Å². The van der Waals surface area contributed by atoms with E-state index in [0.717, 1.165) is 17.1 Å². The molecule has 0 atom stereocenters. The van der Waals surface area contributed by atoms with Gasteiger partial charge in [0.2, 0.25) is 0 Å². The van der Waals surface area contributed by atoms with E-state index in [0.29, 0.717) is 0 Å². The molecule has 0 spiro atoms. The molecule has 73 heavy (non-hydrogen) atoms. The van der Waals surface area contributed by atoms with E-state index in [4.69, 9.17) is 0 Å². The van der Waals surface area contributed by atoms with Crippen molar-refractivity contribution in [3.8, 4) is 44.5 Å². The first-order valence-electron chi connectivity index (χ1n) is 25.4. The molecule has 12 aromatic carbocycles. The van der Waals surface area contributed by atoms with E-state index >= 15 is 0 Å². The predicted molar refractivity (Wildman–Crippen MR) is 315 cm³/mol. The van der Waals surface area contributed by atoms with Crippen LogP contribution in [0.5, 0.6) is 0 Å². The quantitative estimate of drug-likeness (QED) is 0.130. The first-order valence-corrected chi connectivity index (χ1v) is 29.4. The average Bonchev–Trinajstić information content (AvgIpc) is 4.00. The van der Waals surface area contributed by atoms with Gasteiger partial charge in [-0.05, 0) is 139 Å². The lowest BCUT2D eigenvalue weighted by Crippen LogP contribution is -2.72. The van der Waals surface area contributed by atoms with Crippen molar-refractivity contribution in [1.29, 1.82) is 0 Å². The lowest BCUT2D eigenvalue weighted by Gasteiger charge is -2.33. The molecule has 0 amide bonds. The summed E-state index contributed by atoms with van der Waals surface area (Å²) in [5.74, 6) is 0. The summed E-state index contributed by atoms with van der Waals surface area (Å²) in [4.78, 5) is 2.46. The molecule has 1 nitrogen and oxygen atoms in total. The second-order valence-corrected chi connectivity index (χ2v) is 27.0. The van der Waals surface area contributed by atoms with Gasteiger partial charge >= 0.3 is 0 Å². The molecule has 0 fully saturated rings. The van der Waals surface area contributed by atoms with Crippen LogP contribution in [0, 0.1) is 0 Å². The van der Waals surface area contributed by atoms with E-state index in [1.165, 1.54) is 96.8 Å². The molecule has 0 saturated carbocycles. The fraction of sp³-hybridized carbons (Fsp3) is 0. The highest BCUT2D eigenvalue weighted by Gasteiger charge is 2.50.